The van der Waals surface area contributed by atoms with Gasteiger partial charge in [0.1, 0.15) is 5.82 Å². The highest BCUT2D eigenvalue weighted by Crippen LogP contribution is 2.39. The normalized spacial score (nSPS) is 13.7. The Kier molecular flexibility index (Phi) is 3.57. The summed E-state index contributed by atoms with van der Waals surface area (Å²) in [4.78, 5) is 16.6. The van der Waals surface area contributed by atoms with Crippen LogP contribution in [0.4, 0.5) is 10.1 Å². The molecule has 0 saturated heterocycles. The molecule has 1 fully saturated rings. The van der Waals surface area contributed by atoms with Crippen molar-refractivity contribution >= 4 is 11.6 Å². The van der Waals surface area contributed by atoms with E-state index in [4.69, 9.17) is 4.52 Å². The number of anilines is 1. The predicted molar refractivity (Wildman–Crippen MR) is 86.1 cm³/mol. The maximum absolute atomic E-state index is 12.9. The van der Waals surface area contributed by atoms with Crippen molar-refractivity contribution in [2.24, 2.45) is 0 Å². The van der Waals surface area contributed by atoms with E-state index >= 15 is 0 Å². The highest BCUT2D eigenvalue weighted by molar-refractivity contribution is 6.04. The lowest BCUT2D eigenvalue weighted by molar-refractivity contribution is 0.102. The molecule has 120 valence electrons. The number of carbonyl (C=O) groups excluding carboxylic acids is 1. The summed E-state index contributed by atoms with van der Waals surface area (Å²) >= 11 is 0. The van der Waals surface area contributed by atoms with Gasteiger partial charge < -0.3 is 9.84 Å². The number of hydrogen-bond acceptors (Lipinski definition) is 4. The Hall–Kier alpha value is -3.02. The molecule has 0 bridgehead atoms. The van der Waals surface area contributed by atoms with Gasteiger partial charge in [0.15, 0.2) is 0 Å². The van der Waals surface area contributed by atoms with E-state index in [1.165, 1.54) is 24.3 Å². The molecule has 0 unspecified atom stereocenters. The molecule has 3 aromatic rings. The topological polar surface area (TPSA) is 68.0 Å². The molecule has 2 aromatic carbocycles. The van der Waals surface area contributed by atoms with Crippen LogP contribution in [0.5, 0.6) is 0 Å². The van der Waals surface area contributed by atoms with Crippen LogP contribution in [-0.2, 0) is 0 Å². The second-order valence-electron chi connectivity index (χ2n) is 5.77. The molecule has 1 aromatic heterocycles. The van der Waals surface area contributed by atoms with E-state index in [9.17, 15) is 9.18 Å². The molecule has 1 aliphatic carbocycles. The summed E-state index contributed by atoms with van der Waals surface area (Å²) in [5, 5.41) is 6.69. The first-order valence-corrected chi connectivity index (χ1v) is 7.70. The molecule has 0 radical (unpaired) electrons. The van der Waals surface area contributed by atoms with Gasteiger partial charge in [-0.15, -0.1) is 0 Å². The standard InChI is InChI=1S/C18H14FN3O2/c19-14-7-9-15(10-8-14)20-17(23)12-3-1-11(2-4-12)16-21-18(24-22-16)13-5-6-13/h1-4,7-10,13H,5-6H2,(H,20,23). The molecule has 24 heavy (non-hydrogen) atoms. The maximum Gasteiger partial charge on any atom is 0.255 e. The lowest BCUT2D eigenvalue weighted by Gasteiger charge is -2.05. The molecule has 1 N–H and O–H groups in total. The van der Waals surface area contributed by atoms with E-state index in [0.717, 1.165) is 18.4 Å². The number of amides is 1. The fourth-order valence-corrected chi connectivity index (χ4v) is 2.36. The number of benzene rings is 2. The maximum atomic E-state index is 12.9. The van der Waals surface area contributed by atoms with E-state index in [1.54, 1.807) is 24.3 Å². The van der Waals surface area contributed by atoms with Crippen LogP contribution in [0.15, 0.2) is 53.1 Å². The molecule has 4 rings (SSSR count). The van der Waals surface area contributed by atoms with Gasteiger partial charge in [0.05, 0.1) is 0 Å². The summed E-state index contributed by atoms with van der Waals surface area (Å²) in [7, 11) is 0. The van der Waals surface area contributed by atoms with Gasteiger partial charge in [-0.3, -0.25) is 4.79 Å². The summed E-state index contributed by atoms with van der Waals surface area (Å²) in [5.41, 5.74) is 1.83. The van der Waals surface area contributed by atoms with Gasteiger partial charge in [-0.2, -0.15) is 4.98 Å². The number of carbonyl (C=O) groups is 1. The van der Waals surface area contributed by atoms with Crippen molar-refractivity contribution in [3.05, 3.63) is 65.8 Å². The monoisotopic (exact) mass is 323 g/mol. The second kappa shape index (κ2) is 5.88. The first kappa shape index (κ1) is 14.6. The van der Waals surface area contributed by atoms with Crippen LogP contribution in [0.1, 0.15) is 35.0 Å². The smallest absolute Gasteiger partial charge is 0.255 e. The zero-order valence-electron chi connectivity index (χ0n) is 12.7. The molecular weight excluding hydrogens is 309 g/mol. The first-order valence-electron chi connectivity index (χ1n) is 7.70. The number of rotatable bonds is 4. The zero-order valence-corrected chi connectivity index (χ0v) is 12.7. The molecule has 1 saturated carbocycles. The fraction of sp³-hybridized carbons (Fsp3) is 0.167. The number of nitrogens with zero attached hydrogens (tertiary/aromatic N) is 2. The molecular formula is C18H14FN3O2. The molecule has 1 amide bonds. The van der Waals surface area contributed by atoms with Crippen LogP contribution in [0.2, 0.25) is 0 Å². The highest BCUT2D eigenvalue weighted by Gasteiger charge is 2.29. The van der Waals surface area contributed by atoms with Gasteiger partial charge in [0.25, 0.3) is 5.91 Å². The van der Waals surface area contributed by atoms with Crippen LogP contribution in [0.25, 0.3) is 11.4 Å². The molecule has 5 nitrogen and oxygen atoms in total. The van der Waals surface area contributed by atoms with E-state index in [2.05, 4.69) is 15.5 Å². The van der Waals surface area contributed by atoms with Crippen LogP contribution < -0.4 is 5.32 Å². The predicted octanol–water partition coefficient (Wildman–Crippen LogP) is 4.01. The van der Waals surface area contributed by atoms with Gasteiger partial charge in [-0.1, -0.05) is 17.3 Å². The molecule has 6 heteroatoms. The Morgan fingerprint density at radius 1 is 1.08 bits per heavy atom. The number of nitrogens with one attached hydrogen (secondary N) is 1. The largest absolute Gasteiger partial charge is 0.339 e. The summed E-state index contributed by atoms with van der Waals surface area (Å²) in [6.07, 6.45) is 2.20. The van der Waals surface area contributed by atoms with E-state index in [0.29, 0.717) is 28.9 Å². The Labute approximate surface area is 137 Å². The average Bonchev–Trinajstić information content (AvgIpc) is 3.34. The number of hydrogen-bond donors (Lipinski definition) is 1. The minimum atomic E-state index is -0.344. The fourth-order valence-electron chi connectivity index (χ4n) is 2.36. The van der Waals surface area contributed by atoms with Crippen molar-refractivity contribution in [1.82, 2.24) is 10.1 Å². The first-order chi connectivity index (χ1) is 11.7. The van der Waals surface area contributed by atoms with Crippen LogP contribution in [-0.4, -0.2) is 16.0 Å². The van der Waals surface area contributed by atoms with Crippen molar-refractivity contribution in [2.75, 3.05) is 5.32 Å². The average molecular weight is 323 g/mol. The third-order valence-corrected chi connectivity index (χ3v) is 3.88. The van der Waals surface area contributed by atoms with Gasteiger partial charge >= 0.3 is 0 Å². The second-order valence-corrected chi connectivity index (χ2v) is 5.77. The van der Waals surface area contributed by atoms with E-state index in [1.807, 2.05) is 0 Å². The highest BCUT2D eigenvalue weighted by atomic mass is 19.1. The lowest BCUT2D eigenvalue weighted by atomic mass is 10.1. The molecule has 1 heterocycles. The lowest BCUT2D eigenvalue weighted by Crippen LogP contribution is -2.11. The van der Waals surface area contributed by atoms with Crippen molar-refractivity contribution < 1.29 is 13.7 Å². The summed E-state index contributed by atoms with van der Waals surface area (Å²) in [6, 6.07) is 12.6. The number of aromatic nitrogens is 2. The number of halogens is 1. The van der Waals surface area contributed by atoms with Crippen LogP contribution in [0, 0.1) is 5.82 Å². The van der Waals surface area contributed by atoms with Crippen LogP contribution >= 0.6 is 0 Å². The zero-order chi connectivity index (χ0) is 16.5. The Balaban J connectivity index is 1.47. The van der Waals surface area contributed by atoms with Crippen molar-refractivity contribution in [3.8, 4) is 11.4 Å². The molecule has 1 aliphatic rings. The molecule has 0 atom stereocenters. The van der Waals surface area contributed by atoms with Gasteiger partial charge in [-0.05, 0) is 49.2 Å². The summed E-state index contributed by atoms with van der Waals surface area (Å²) < 4.78 is 18.1. The summed E-state index contributed by atoms with van der Waals surface area (Å²) in [6.45, 7) is 0. The van der Waals surface area contributed by atoms with E-state index < -0.39 is 0 Å². The third kappa shape index (κ3) is 3.03. The van der Waals surface area contributed by atoms with Crippen molar-refractivity contribution in [1.29, 1.82) is 0 Å². The van der Waals surface area contributed by atoms with Crippen LogP contribution in [0.3, 0.4) is 0 Å². The van der Waals surface area contributed by atoms with Gasteiger partial charge in [0.2, 0.25) is 11.7 Å². The molecule has 0 aliphatic heterocycles. The molecule has 0 spiro atoms. The van der Waals surface area contributed by atoms with Crippen molar-refractivity contribution in [2.45, 2.75) is 18.8 Å². The van der Waals surface area contributed by atoms with Gasteiger partial charge in [-0.25, -0.2) is 4.39 Å². The van der Waals surface area contributed by atoms with E-state index in [-0.39, 0.29) is 11.7 Å². The Bertz CT molecular complexity index is 868. The third-order valence-electron chi connectivity index (χ3n) is 3.88. The minimum Gasteiger partial charge on any atom is -0.339 e. The van der Waals surface area contributed by atoms with Crippen molar-refractivity contribution in [3.63, 3.8) is 0 Å². The quantitative estimate of drug-likeness (QED) is 0.788. The summed E-state index contributed by atoms with van der Waals surface area (Å²) in [5.74, 6) is 1.01. The minimum absolute atomic E-state index is 0.264. The Morgan fingerprint density at radius 3 is 2.46 bits per heavy atom. The SMILES string of the molecule is O=C(Nc1ccc(F)cc1)c1ccc(-c2noc(C3CC3)n2)cc1. The Morgan fingerprint density at radius 2 is 1.79 bits per heavy atom. The van der Waals surface area contributed by atoms with Gasteiger partial charge in [0, 0.05) is 22.7 Å².